The molecule has 0 radical (unpaired) electrons. The zero-order valence-corrected chi connectivity index (χ0v) is 7.37. The molecule has 1 aromatic carbocycles. The van der Waals surface area contributed by atoms with E-state index in [-0.39, 0.29) is 29.1 Å². The molecule has 0 bridgehead atoms. The van der Waals surface area contributed by atoms with Crippen molar-refractivity contribution in [1.82, 2.24) is 0 Å². The summed E-state index contributed by atoms with van der Waals surface area (Å²) in [6.45, 7) is 2.03. The van der Waals surface area contributed by atoms with E-state index in [4.69, 9.17) is 0 Å². The van der Waals surface area contributed by atoms with Crippen molar-refractivity contribution in [3.05, 3.63) is 43.3 Å². The minimum atomic E-state index is 0. The molecule has 0 heterocycles. The molecule has 0 spiro atoms. The van der Waals surface area contributed by atoms with Crippen LogP contribution in [0.2, 0.25) is 0 Å². The fraction of sp³-hybridized carbons (Fsp3) is 0.125. The number of benzene rings is 1. The van der Waals surface area contributed by atoms with Gasteiger partial charge in [-0.25, -0.2) is 0 Å². The van der Waals surface area contributed by atoms with Crippen molar-refractivity contribution in [2.45, 2.75) is 6.92 Å². The van der Waals surface area contributed by atoms with E-state index in [1.54, 1.807) is 0 Å². The molecule has 0 aliphatic carbocycles. The van der Waals surface area contributed by atoms with E-state index in [1.807, 2.05) is 31.2 Å². The summed E-state index contributed by atoms with van der Waals surface area (Å²) in [7, 11) is 0. The monoisotopic (exact) mass is 154 g/mol. The van der Waals surface area contributed by atoms with E-state index in [9.17, 15) is 0 Å². The fourth-order valence-electron chi connectivity index (χ4n) is 0.483. The maximum absolute atomic E-state index is 3.03. The van der Waals surface area contributed by atoms with Crippen LogP contribution in [0.4, 0.5) is 0 Å². The van der Waals surface area contributed by atoms with Crippen LogP contribution in [0, 0.1) is 20.4 Å². The van der Waals surface area contributed by atoms with Crippen LogP contribution in [0.5, 0.6) is 0 Å². The summed E-state index contributed by atoms with van der Waals surface area (Å²) in [4.78, 5) is 0. The Morgan fingerprint density at radius 1 is 1.33 bits per heavy atom. The Hall–Kier alpha value is -0.0657. The van der Waals surface area contributed by atoms with Crippen molar-refractivity contribution < 1.29 is 21.7 Å². The van der Waals surface area contributed by atoms with E-state index in [2.05, 4.69) is 6.07 Å². The molecular formula is C8H10Ti. The average molecular weight is 154 g/mol. The quantitative estimate of drug-likeness (QED) is 0.397. The molecule has 0 aromatic heterocycles. The first-order valence-electron chi connectivity index (χ1n) is 2.33. The Balaban J connectivity index is 0. The maximum atomic E-state index is 3.03. The zero-order valence-electron chi connectivity index (χ0n) is 5.81. The summed E-state index contributed by atoms with van der Waals surface area (Å²) in [6, 6.07) is 10.9. The molecule has 1 heteroatoms. The third-order valence-electron chi connectivity index (χ3n) is 0.865. The van der Waals surface area contributed by atoms with Gasteiger partial charge in [-0.05, 0) is 0 Å². The normalized spacial score (nSPS) is 6.78. The largest absolute Gasteiger partial charge is 2.00 e. The summed E-state index contributed by atoms with van der Waals surface area (Å²) >= 11 is 0. The molecule has 0 N–H and O–H groups in total. The van der Waals surface area contributed by atoms with Crippen molar-refractivity contribution >= 4 is 0 Å². The summed E-state index contributed by atoms with van der Waals surface area (Å²) < 4.78 is 0. The zero-order chi connectivity index (χ0) is 5.11. The number of hydrogen-bond acceptors (Lipinski definition) is 0. The predicted octanol–water partition coefficient (Wildman–Crippen LogP) is 2.24. The predicted molar refractivity (Wildman–Crippen MR) is 36.4 cm³/mol. The van der Waals surface area contributed by atoms with Gasteiger partial charge in [-0.1, -0.05) is 6.92 Å². The second-order valence-electron chi connectivity index (χ2n) is 1.55. The SMILES string of the molecule is Cc1[c-]cccc1.[CH3-].[Ti+2]. The van der Waals surface area contributed by atoms with E-state index in [0.29, 0.717) is 0 Å². The van der Waals surface area contributed by atoms with Crippen LogP contribution in [0.1, 0.15) is 5.56 Å². The van der Waals surface area contributed by atoms with Crippen LogP contribution in [0.15, 0.2) is 24.3 Å². The molecular weight excluding hydrogens is 144 g/mol. The molecule has 0 amide bonds. The standard InChI is InChI=1S/C7H7.CH3.Ti/c1-7-5-3-2-4-6-7;;/h2-5H,1H3;1H3;/q2*-1;+2. The minimum Gasteiger partial charge on any atom is -0.358 e. The molecule has 1 rings (SSSR count). The first kappa shape index (κ1) is 11.7. The number of aryl methyl sites for hydroxylation is 1. The molecule has 9 heavy (non-hydrogen) atoms. The van der Waals surface area contributed by atoms with Gasteiger partial charge in [0.15, 0.2) is 0 Å². The first-order valence-corrected chi connectivity index (χ1v) is 2.33. The summed E-state index contributed by atoms with van der Waals surface area (Å²) in [5.74, 6) is 0. The van der Waals surface area contributed by atoms with Gasteiger partial charge in [0.1, 0.15) is 0 Å². The van der Waals surface area contributed by atoms with E-state index in [1.165, 1.54) is 5.56 Å². The number of hydrogen-bond donors (Lipinski definition) is 0. The Morgan fingerprint density at radius 2 is 2.00 bits per heavy atom. The third kappa shape index (κ3) is 4.44. The van der Waals surface area contributed by atoms with Crippen molar-refractivity contribution in [2.24, 2.45) is 0 Å². The van der Waals surface area contributed by atoms with Gasteiger partial charge in [0.25, 0.3) is 0 Å². The van der Waals surface area contributed by atoms with Gasteiger partial charge in [0, 0.05) is 0 Å². The maximum Gasteiger partial charge on any atom is 2.00 e. The van der Waals surface area contributed by atoms with Gasteiger partial charge in [-0.15, -0.1) is 0 Å². The van der Waals surface area contributed by atoms with Gasteiger partial charge in [0.2, 0.25) is 0 Å². The molecule has 1 aromatic rings. The summed E-state index contributed by atoms with van der Waals surface area (Å²) in [5.41, 5.74) is 1.20. The molecule has 0 aliphatic rings. The van der Waals surface area contributed by atoms with Gasteiger partial charge in [-0.3, -0.25) is 0 Å². The van der Waals surface area contributed by atoms with Gasteiger partial charge < -0.3 is 7.43 Å². The second kappa shape index (κ2) is 6.06. The fourth-order valence-corrected chi connectivity index (χ4v) is 0.483. The molecule has 0 saturated heterocycles. The van der Waals surface area contributed by atoms with Gasteiger partial charge in [-0.2, -0.15) is 35.9 Å². The molecule has 0 unspecified atom stereocenters. The first-order chi connectivity index (χ1) is 3.39. The Kier molecular flexibility index (Phi) is 7.88. The second-order valence-corrected chi connectivity index (χ2v) is 1.55. The van der Waals surface area contributed by atoms with E-state index >= 15 is 0 Å². The summed E-state index contributed by atoms with van der Waals surface area (Å²) in [5, 5.41) is 0. The molecule has 0 atom stereocenters. The molecule has 46 valence electrons. The van der Waals surface area contributed by atoms with E-state index in [0.717, 1.165) is 0 Å². The molecule has 0 saturated carbocycles. The molecule has 0 fully saturated rings. The van der Waals surface area contributed by atoms with Crippen LogP contribution < -0.4 is 0 Å². The van der Waals surface area contributed by atoms with Crippen molar-refractivity contribution in [2.75, 3.05) is 0 Å². The van der Waals surface area contributed by atoms with Crippen LogP contribution in [0.25, 0.3) is 0 Å². The molecule has 0 nitrogen and oxygen atoms in total. The average Bonchev–Trinajstić information content (AvgIpc) is 1.69. The Bertz CT molecular complexity index is 134. The van der Waals surface area contributed by atoms with Gasteiger partial charge >= 0.3 is 21.7 Å². The minimum absolute atomic E-state index is 0. The van der Waals surface area contributed by atoms with Crippen LogP contribution >= 0.6 is 0 Å². The van der Waals surface area contributed by atoms with E-state index < -0.39 is 0 Å². The number of rotatable bonds is 0. The third-order valence-corrected chi connectivity index (χ3v) is 0.865. The van der Waals surface area contributed by atoms with Crippen molar-refractivity contribution in [1.29, 1.82) is 0 Å². The van der Waals surface area contributed by atoms with Crippen LogP contribution in [-0.2, 0) is 21.7 Å². The van der Waals surface area contributed by atoms with Crippen molar-refractivity contribution in [3.8, 4) is 0 Å². The Morgan fingerprint density at radius 3 is 2.22 bits per heavy atom. The Labute approximate surface area is 72.2 Å². The van der Waals surface area contributed by atoms with Crippen LogP contribution in [-0.4, -0.2) is 0 Å². The van der Waals surface area contributed by atoms with Crippen LogP contribution in [0.3, 0.4) is 0 Å². The smallest absolute Gasteiger partial charge is 0.358 e. The van der Waals surface area contributed by atoms with Crippen molar-refractivity contribution in [3.63, 3.8) is 0 Å². The molecule has 0 aliphatic heterocycles. The topological polar surface area (TPSA) is 0 Å². The van der Waals surface area contributed by atoms with Gasteiger partial charge in [0.05, 0.1) is 0 Å². The summed E-state index contributed by atoms with van der Waals surface area (Å²) in [6.07, 6.45) is 0.